The van der Waals surface area contributed by atoms with Crippen LogP contribution in [0.15, 0.2) is 35.5 Å². The van der Waals surface area contributed by atoms with Crippen molar-refractivity contribution in [1.82, 2.24) is 20.1 Å². The van der Waals surface area contributed by atoms with Crippen LogP contribution in [0.1, 0.15) is 43.5 Å². The first-order chi connectivity index (χ1) is 13.4. The van der Waals surface area contributed by atoms with Gasteiger partial charge in [-0.05, 0) is 31.7 Å². The summed E-state index contributed by atoms with van der Waals surface area (Å²) in [6, 6.07) is 9.86. The Morgan fingerprint density at radius 3 is 2.64 bits per heavy atom. The van der Waals surface area contributed by atoms with Gasteiger partial charge < -0.3 is 9.88 Å². The van der Waals surface area contributed by atoms with Crippen LogP contribution >= 0.6 is 11.8 Å². The van der Waals surface area contributed by atoms with Crippen LogP contribution in [0, 0.1) is 0 Å². The van der Waals surface area contributed by atoms with Crippen LogP contribution < -0.4 is 5.32 Å². The van der Waals surface area contributed by atoms with Crippen LogP contribution in [0.2, 0.25) is 0 Å². The molecule has 0 spiro atoms. The lowest BCUT2D eigenvalue weighted by molar-refractivity contribution is -0.120. The van der Waals surface area contributed by atoms with Gasteiger partial charge in [0.15, 0.2) is 15.0 Å². The molecule has 1 saturated carbocycles. The molecule has 1 N–H and O–H groups in total. The summed E-state index contributed by atoms with van der Waals surface area (Å²) in [6.45, 7) is 2.50. The van der Waals surface area contributed by atoms with Gasteiger partial charge in [-0.15, -0.1) is 10.2 Å². The van der Waals surface area contributed by atoms with E-state index < -0.39 is 9.84 Å². The third-order valence-corrected chi connectivity index (χ3v) is 7.95. The van der Waals surface area contributed by atoms with E-state index in [2.05, 4.69) is 32.2 Å². The molecular weight excluding hydrogens is 396 g/mol. The number of rotatable bonds is 7. The number of thioether (sulfide) groups is 1. The second kappa shape index (κ2) is 7.87. The highest BCUT2D eigenvalue weighted by atomic mass is 32.2. The summed E-state index contributed by atoms with van der Waals surface area (Å²) >= 11 is 1.37. The Labute approximate surface area is 169 Å². The van der Waals surface area contributed by atoms with E-state index in [0.717, 1.165) is 23.8 Å². The minimum atomic E-state index is -3.01. The molecule has 1 aliphatic carbocycles. The molecule has 0 bridgehead atoms. The van der Waals surface area contributed by atoms with Gasteiger partial charge in [-0.2, -0.15) is 0 Å². The number of amides is 1. The lowest BCUT2D eigenvalue weighted by atomic mass is 10.2. The quantitative estimate of drug-likeness (QED) is 0.689. The highest BCUT2D eigenvalue weighted by Crippen LogP contribution is 2.40. The zero-order chi connectivity index (χ0) is 19.7. The van der Waals surface area contributed by atoms with Gasteiger partial charge in [0, 0.05) is 12.0 Å². The topological polar surface area (TPSA) is 93.9 Å². The zero-order valence-corrected chi connectivity index (χ0v) is 17.4. The Hall–Kier alpha value is -1.87. The molecule has 1 amide bonds. The maximum Gasteiger partial charge on any atom is 0.233 e. The van der Waals surface area contributed by atoms with Gasteiger partial charge in [-0.3, -0.25) is 4.79 Å². The molecule has 0 unspecified atom stereocenters. The van der Waals surface area contributed by atoms with Crippen LogP contribution in [0.25, 0.3) is 0 Å². The fraction of sp³-hybridized carbons (Fsp3) is 0.526. The average Bonchev–Trinajstić information content (AvgIpc) is 3.35. The molecule has 2 aliphatic rings. The second-order valence-corrected chi connectivity index (χ2v) is 11.1. The molecule has 1 saturated heterocycles. The Kier molecular flexibility index (Phi) is 5.46. The van der Waals surface area contributed by atoms with Gasteiger partial charge in [0.2, 0.25) is 5.91 Å². The molecule has 28 heavy (non-hydrogen) atoms. The predicted octanol–water partition coefficient (Wildman–Crippen LogP) is 1.99. The van der Waals surface area contributed by atoms with Crippen molar-refractivity contribution in [1.29, 1.82) is 0 Å². The maximum atomic E-state index is 12.6. The SMILES string of the molecule is C[C@H](Sc1nnc(C2CC2)n1Cc1ccccc1)C(=O)N[C@H]1CCS(=O)(=O)C1. The first kappa shape index (κ1) is 19.4. The fourth-order valence-corrected chi connectivity index (χ4v) is 5.92. The van der Waals surface area contributed by atoms with Crippen LogP contribution in [0.5, 0.6) is 0 Å². The molecule has 2 atom stereocenters. The molecule has 4 rings (SSSR count). The van der Waals surface area contributed by atoms with Crippen molar-refractivity contribution in [2.75, 3.05) is 11.5 Å². The van der Waals surface area contributed by atoms with Gasteiger partial charge in [0.05, 0.1) is 23.3 Å². The molecule has 2 heterocycles. The van der Waals surface area contributed by atoms with Crippen LogP contribution in [0.4, 0.5) is 0 Å². The summed E-state index contributed by atoms with van der Waals surface area (Å²) in [5.74, 6) is 1.47. The lowest BCUT2D eigenvalue weighted by Gasteiger charge is -2.16. The van der Waals surface area contributed by atoms with E-state index in [9.17, 15) is 13.2 Å². The monoisotopic (exact) mass is 420 g/mol. The standard InChI is InChI=1S/C19H24N4O3S2/c1-13(18(24)20-16-9-10-28(25,26)12-16)27-19-22-21-17(15-7-8-15)23(19)11-14-5-3-2-4-6-14/h2-6,13,15-16H,7-12H2,1H3,(H,20,24)/t13-,16-/m0/s1. The number of benzene rings is 1. The number of carbonyl (C=O) groups is 1. The molecule has 1 aromatic heterocycles. The van der Waals surface area contributed by atoms with E-state index in [-0.39, 0.29) is 28.7 Å². The number of nitrogens with one attached hydrogen (secondary N) is 1. The molecule has 1 aromatic carbocycles. The van der Waals surface area contributed by atoms with Gasteiger partial charge >= 0.3 is 0 Å². The van der Waals surface area contributed by atoms with Crippen LogP contribution in [-0.2, 0) is 21.2 Å². The summed E-state index contributed by atoms with van der Waals surface area (Å²) in [6.07, 6.45) is 2.75. The molecule has 2 fully saturated rings. The Balaban J connectivity index is 1.45. The van der Waals surface area contributed by atoms with Crippen molar-refractivity contribution in [3.8, 4) is 0 Å². The van der Waals surface area contributed by atoms with E-state index in [1.165, 1.54) is 17.3 Å². The van der Waals surface area contributed by atoms with Crippen LogP contribution in [0.3, 0.4) is 0 Å². The summed E-state index contributed by atoms with van der Waals surface area (Å²) in [4.78, 5) is 12.6. The Morgan fingerprint density at radius 2 is 2.00 bits per heavy atom. The number of aromatic nitrogens is 3. The maximum absolute atomic E-state index is 12.6. The smallest absolute Gasteiger partial charge is 0.233 e. The van der Waals surface area contributed by atoms with Crippen molar-refractivity contribution in [2.45, 2.75) is 55.1 Å². The first-order valence-corrected chi connectivity index (χ1v) is 12.3. The first-order valence-electron chi connectivity index (χ1n) is 9.56. The van der Waals surface area contributed by atoms with Gasteiger partial charge in [0.25, 0.3) is 0 Å². The Morgan fingerprint density at radius 1 is 1.25 bits per heavy atom. The lowest BCUT2D eigenvalue weighted by Crippen LogP contribution is -2.40. The largest absolute Gasteiger partial charge is 0.351 e. The van der Waals surface area contributed by atoms with E-state index in [1.807, 2.05) is 25.1 Å². The minimum absolute atomic E-state index is 0.0339. The van der Waals surface area contributed by atoms with Crippen molar-refractivity contribution >= 4 is 27.5 Å². The summed E-state index contributed by atoms with van der Waals surface area (Å²) in [7, 11) is -3.01. The van der Waals surface area contributed by atoms with Gasteiger partial charge in [-0.25, -0.2) is 8.42 Å². The molecule has 7 nitrogen and oxygen atoms in total. The summed E-state index contributed by atoms with van der Waals surface area (Å²) in [5.41, 5.74) is 1.17. The van der Waals surface area contributed by atoms with Crippen molar-refractivity contribution in [3.05, 3.63) is 41.7 Å². The minimum Gasteiger partial charge on any atom is -0.351 e. The van der Waals surface area contributed by atoms with E-state index in [4.69, 9.17) is 0 Å². The van der Waals surface area contributed by atoms with Gasteiger partial charge in [0.1, 0.15) is 5.82 Å². The second-order valence-electron chi connectivity index (χ2n) is 7.56. The molecule has 2 aromatic rings. The molecular formula is C19H24N4O3S2. The highest BCUT2D eigenvalue weighted by Gasteiger charge is 2.33. The molecule has 9 heteroatoms. The van der Waals surface area contributed by atoms with Gasteiger partial charge in [-0.1, -0.05) is 42.1 Å². The van der Waals surface area contributed by atoms with E-state index in [0.29, 0.717) is 18.9 Å². The molecule has 150 valence electrons. The number of sulfone groups is 1. The predicted molar refractivity (Wildman–Crippen MR) is 108 cm³/mol. The average molecular weight is 421 g/mol. The third kappa shape index (κ3) is 4.57. The normalized spacial score (nSPS) is 22.1. The molecule has 1 aliphatic heterocycles. The highest BCUT2D eigenvalue weighted by molar-refractivity contribution is 8.00. The summed E-state index contributed by atoms with van der Waals surface area (Å²) < 4.78 is 25.3. The number of carbonyl (C=O) groups excluding carboxylic acids is 1. The fourth-order valence-electron chi connectivity index (χ4n) is 3.38. The third-order valence-electron chi connectivity index (χ3n) is 5.10. The summed E-state index contributed by atoms with van der Waals surface area (Å²) in [5, 5.41) is 12.0. The van der Waals surface area contributed by atoms with Crippen molar-refractivity contribution in [3.63, 3.8) is 0 Å². The van der Waals surface area contributed by atoms with E-state index >= 15 is 0 Å². The van der Waals surface area contributed by atoms with Crippen LogP contribution in [-0.4, -0.2) is 51.9 Å². The zero-order valence-electron chi connectivity index (χ0n) is 15.7. The van der Waals surface area contributed by atoms with Crippen molar-refractivity contribution < 1.29 is 13.2 Å². The number of nitrogens with zero attached hydrogens (tertiary/aromatic N) is 3. The number of hydrogen-bond acceptors (Lipinski definition) is 6. The van der Waals surface area contributed by atoms with Crippen molar-refractivity contribution in [2.24, 2.45) is 0 Å². The number of hydrogen-bond donors (Lipinski definition) is 1. The molecule has 0 radical (unpaired) electrons. The Bertz CT molecular complexity index is 955. The van der Waals surface area contributed by atoms with E-state index in [1.54, 1.807) is 0 Å².